The van der Waals surface area contributed by atoms with E-state index in [1.165, 1.54) is 19.2 Å². The number of fused-ring (bicyclic) bond motifs is 1. The average Bonchev–Trinajstić information content (AvgIpc) is 2.79. The minimum absolute atomic E-state index is 0.00708. The number of ether oxygens (including phenoxy) is 1. The zero-order chi connectivity index (χ0) is 18.8. The number of carbonyl (C=O) groups excluding carboxylic acids is 2. The van der Waals surface area contributed by atoms with Gasteiger partial charge in [0.05, 0.1) is 18.2 Å². The summed E-state index contributed by atoms with van der Waals surface area (Å²) < 4.78 is 43.1. The number of amides is 2. The summed E-state index contributed by atoms with van der Waals surface area (Å²) in [6, 6.07) is 6.21. The van der Waals surface area contributed by atoms with Crippen LogP contribution in [0.2, 0.25) is 0 Å². The van der Waals surface area contributed by atoms with Crippen molar-refractivity contribution in [2.24, 2.45) is 0 Å². The summed E-state index contributed by atoms with van der Waals surface area (Å²) in [4.78, 5) is 25.6. The Kier molecular flexibility index (Phi) is 6.34. The van der Waals surface area contributed by atoms with Crippen LogP contribution in [0.5, 0.6) is 0 Å². The minimum atomic E-state index is -4.60. The number of imide groups is 1. The molecule has 0 fully saturated rings. The van der Waals surface area contributed by atoms with Crippen molar-refractivity contribution in [3.05, 3.63) is 35.4 Å². The van der Waals surface area contributed by atoms with Crippen LogP contribution in [0.3, 0.4) is 0 Å². The summed E-state index contributed by atoms with van der Waals surface area (Å²) in [6.07, 6.45) is -5.12. The molecular formula is C15H13ClF3NO3S2. The van der Waals surface area contributed by atoms with E-state index in [1.54, 1.807) is 12.1 Å². The summed E-state index contributed by atoms with van der Waals surface area (Å²) in [5.41, 5.74) is 0.452. The lowest BCUT2D eigenvalue weighted by atomic mass is 10.1. The van der Waals surface area contributed by atoms with Gasteiger partial charge in [0.2, 0.25) is 4.38 Å². The molecule has 2 unspecified atom stereocenters. The van der Waals surface area contributed by atoms with Gasteiger partial charge in [0.25, 0.3) is 11.8 Å². The van der Waals surface area contributed by atoms with Gasteiger partial charge in [-0.2, -0.15) is 13.2 Å². The number of thiocarbonyl (C=S) groups is 1. The molecule has 0 saturated heterocycles. The third-order valence-electron chi connectivity index (χ3n) is 3.52. The molecule has 25 heavy (non-hydrogen) atoms. The second-order valence-corrected chi connectivity index (χ2v) is 7.63. The molecule has 4 nitrogen and oxygen atoms in total. The summed E-state index contributed by atoms with van der Waals surface area (Å²) in [5, 5.41) is -2.97. The molecule has 0 radical (unpaired) electrons. The van der Waals surface area contributed by atoms with Crippen LogP contribution in [0.15, 0.2) is 24.3 Å². The van der Waals surface area contributed by atoms with E-state index in [-0.39, 0.29) is 22.1 Å². The highest BCUT2D eigenvalue weighted by molar-refractivity contribution is 8.23. The third-order valence-corrected chi connectivity index (χ3v) is 5.43. The van der Waals surface area contributed by atoms with Crippen LogP contribution in [0.1, 0.15) is 27.1 Å². The Bertz CT molecular complexity index is 664. The Morgan fingerprint density at radius 3 is 2.24 bits per heavy atom. The van der Waals surface area contributed by atoms with E-state index < -0.39 is 35.0 Å². The molecular weight excluding hydrogens is 399 g/mol. The Balaban J connectivity index is 2.18. The fraction of sp³-hybridized carbons (Fsp3) is 0.400. The average molecular weight is 412 g/mol. The van der Waals surface area contributed by atoms with Gasteiger partial charge in [-0.05, 0) is 30.8 Å². The maximum absolute atomic E-state index is 12.8. The molecule has 10 heteroatoms. The standard InChI is InChI=1S/C15H13ClF3NO3S2/c1-23-14(24)25-8(6-11(16)15(17,18)19)7-20-12(21)9-4-2-3-5-10(9)13(20)22/h2-5,8,11H,6-7H2,1H3. The second kappa shape index (κ2) is 7.92. The first-order valence-corrected chi connectivity index (χ1v) is 8.78. The minimum Gasteiger partial charge on any atom is -0.482 e. The molecule has 0 N–H and O–H groups in total. The van der Waals surface area contributed by atoms with E-state index in [0.29, 0.717) is 0 Å². The van der Waals surface area contributed by atoms with Crippen LogP contribution < -0.4 is 0 Å². The molecule has 0 aliphatic carbocycles. The predicted molar refractivity (Wildman–Crippen MR) is 93.1 cm³/mol. The van der Waals surface area contributed by atoms with Crippen LogP contribution in [0.25, 0.3) is 0 Å². The molecule has 1 aromatic rings. The molecule has 0 saturated carbocycles. The Morgan fingerprint density at radius 2 is 1.80 bits per heavy atom. The molecule has 1 heterocycles. The largest absolute Gasteiger partial charge is 0.482 e. The second-order valence-electron chi connectivity index (χ2n) is 5.21. The fourth-order valence-electron chi connectivity index (χ4n) is 2.32. The highest BCUT2D eigenvalue weighted by atomic mass is 35.5. The molecule has 0 spiro atoms. The maximum Gasteiger partial charge on any atom is 0.404 e. The topological polar surface area (TPSA) is 46.6 Å². The number of alkyl halides is 4. The van der Waals surface area contributed by atoms with E-state index in [9.17, 15) is 22.8 Å². The van der Waals surface area contributed by atoms with Crippen molar-refractivity contribution >= 4 is 51.8 Å². The molecule has 1 aliphatic rings. The number of carbonyl (C=O) groups is 2. The highest BCUT2D eigenvalue weighted by Crippen LogP contribution is 2.33. The maximum atomic E-state index is 12.8. The van der Waals surface area contributed by atoms with Gasteiger partial charge in [-0.15, -0.1) is 11.6 Å². The molecule has 1 aromatic carbocycles. The lowest BCUT2D eigenvalue weighted by molar-refractivity contribution is -0.131. The number of rotatable bonds is 5. The van der Waals surface area contributed by atoms with Gasteiger partial charge in [-0.1, -0.05) is 23.9 Å². The normalized spacial score (nSPS) is 16.6. The van der Waals surface area contributed by atoms with E-state index in [2.05, 4.69) is 0 Å². The summed E-state index contributed by atoms with van der Waals surface area (Å²) in [5.74, 6) is -1.10. The Hall–Kier alpha value is -1.32. The van der Waals surface area contributed by atoms with Crippen molar-refractivity contribution in [3.8, 4) is 0 Å². The van der Waals surface area contributed by atoms with Gasteiger partial charge in [0.1, 0.15) is 5.38 Å². The molecule has 2 atom stereocenters. The van der Waals surface area contributed by atoms with Crippen molar-refractivity contribution in [1.82, 2.24) is 4.90 Å². The van der Waals surface area contributed by atoms with Gasteiger partial charge >= 0.3 is 6.18 Å². The van der Waals surface area contributed by atoms with Crippen LogP contribution >= 0.6 is 35.6 Å². The van der Waals surface area contributed by atoms with Crippen molar-refractivity contribution in [2.75, 3.05) is 13.7 Å². The lowest BCUT2D eigenvalue weighted by Crippen LogP contribution is -2.38. The zero-order valence-electron chi connectivity index (χ0n) is 12.9. The number of thioether (sulfide) groups is 1. The Labute approximate surface area is 156 Å². The van der Waals surface area contributed by atoms with Gasteiger partial charge in [-0.3, -0.25) is 14.5 Å². The number of methoxy groups -OCH3 is 1. The number of hydrogen-bond donors (Lipinski definition) is 0. The van der Waals surface area contributed by atoms with Gasteiger partial charge in [-0.25, -0.2) is 0 Å². The summed E-state index contributed by atoms with van der Waals surface area (Å²) >= 11 is 11.1. The quantitative estimate of drug-likeness (QED) is 0.418. The third kappa shape index (κ3) is 4.65. The molecule has 2 rings (SSSR count). The van der Waals surface area contributed by atoms with Crippen molar-refractivity contribution in [2.45, 2.75) is 23.2 Å². The zero-order valence-corrected chi connectivity index (χ0v) is 15.3. The number of hydrogen-bond acceptors (Lipinski definition) is 5. The van der Waals surface area contributed by atoms with Gasteiger partial charge < -0.3 is 4.74 Å². The number of benzene rings is 1. The summed E-state index contributed by atoms with van der Waals surface area (Å²) in [6.45, 7) is -0.250. The molecule has 0 bridgehead atoms. The van der Waals surface area contributed by atoms with Crippen LogP contribution in [-0.4, -0.2) is 51.6 Å². The van der Waals surface area contributed by atoms with E-state index >= 15 is 0 Å². The van der Waals surface area contributed by atoms with Crippen molar-refractivity contribution < 1.29 is 27.5 Å². The van der Waals surface area contributed by atoms with Gasteiger partial charge in [0.15, 0.2) is 0 Å². The first-order valence-electron chi connectivity index (χ1n) is 7.05. The van der Waals surface area contributed by atoms with E-state index in [0.717, 1.165) is 16.7 Å². The van der Waals surface area contributed by atoms with Crippen molar-refractivity contribution in [3.63, 3.8) is 0 Å². The van der Waals surface area contributed by atoms with Crippen LogP contribution in [-0.2, 0) is 4.74 Å². The summed E-state index contributed by atoms with van der Waals surface area (Å²) in [7, 11) is 1.29. The molecule has 136 valence electrons. The van der Waals surface area contributed by atoms with E-state index in [1.807, 2.05) is 0 Å². The monoisotopic (exact) mass is 411 g/mol. The first-order chi connectivity index (χ1) is 11.6. The smallest absolute Gasteiger partial charge is 0.404 e. The SMILES string of the molecule is COC(=S)SC(CC(Cl)C(F)(F)F)CN1C(=O)c2ccccc2C1=O. The molecule has 2 amide bonds. The molecule has 0 aromatic heterocycles. The highest BCUT2D eigenvalue weighted by Gasteiger charge is 2.42. The van der Waals surface area contributed by atoms with Crippen LogP contribution in [0, 0.1) is 0 Å². The number of halogens is 4. The molecule has 1 aliphatic heterocycles. The predicted octanol–water partition coefficient (Wildman–Crippen LogP) is 3.88. The van der Waals surface area contributed by atoms with Crippen LogP contribution in [0.4, 0.5) is 13.2 Å². The number of nitrogens with zero attached hydrogens (tertiary/aromatic N) is 1. The Morgan fingerprint density at radius 1 is 1.28 bits per heavy atom. The van der Waals surface area contributed by atoms with E-state index in [4.69, 9.17) is 28.6 Å². The van der Waals surface area contributed by atoms with Gasteiger partial charge in [0, 0.05) is 11.8 Å². The fourth-order valence-corrected chi connectivity index (χ4v) is 3.93. The van der Waals surface area contributed by atoms with Crippen molar-refractivity contribution in [1.29, 1.82) is 0 Å². The first kappa shape index (κ1) is 20.0. The lowest BCUT2D eigenvalue weighted by Gasteiger charge is -2.24.